The normalized spacial score (nSPS) is 21.4. The number of carbonyl (C=O) groups is 1. The van der Waals surface area contributed by atoms with Gasteiger partial charge in [0.2, 0.25) is 5.91 Å². The maximum absolute atomic E-state index is 12.6. The van der Waals surface area contributed by atoms with Gasteiger partial charge >= 0.3 is 0 Å². The van der Waals surface area contributed by atoms with Gasteiger partial charge in [-0.1, -0.05) is 0 Å². The third-order valence-corrected chi connectivity index (χ3v) is 5.14. The van der Waals surface area contributed by atoms with E-state index in [1.54, 1.807) is 18.6 Å². The number of piperidine rings is 1. The van der Waals surface area contributed by atoms with Crippen molar-refractivity contribution in [3.63, 3.8) is 0 Å². The molecule has 1 N–H and O–H groups in total. The molecule has 23 heavy (non-hydrogen) atoms. The molecular formula is C16H20N4O2S. The Hall–Kier alpha value is -1.86. The van der Waals surface area contributed by atoms with Gasteiger partial charge in [-0.25, -0.2) is 4.98 Å². The van der Waals surface area contributed by atoms with Gasteiger partial charge < -0.3 is 10.0 Å². The van der Waals surface area contributed by atoms with E-state index in [1.807, 2.05) is 10.3 Å². The molecule has 2 aromatic heterocycles. The summed E-state index contributed by atoms with van der Waals surface area (Å²) in [4.78, 5) is 27.2. The van der Waals surface area contributed by atoms with Crippen LogP contribution in [0.1, 0.15) is 25.5 Å². The molecule has 7 heteroatoms. The van der Waals surface area contributed by atoms with Crippen LogP contribution in [0.3, 0.4) is 0 Å². The fourth-order valence-electron chi connectivity index (χ4n) is 2.85. The van der Waals surface area contributed by atoms with Crippen LogP contribution in [0.4, 0.5) is 0 Å². The molecule has 1 amide bonds. The lowest BCUT2D eigenvalue weighted by Crippen LogP contribution is -2.47. The van der Waals surface area contributed by atoms with E-state index >= 15 is 0 Å². The number of hydrogen-bond acceptors (Lipinski definition) is 6. The predicted molar refractivity (Wildman–Crippen MR) is 87.8 cm³/mol. The van der Waals surface area contributed by atoms with Crippen LogP contribution >= 0.6 is 11.3 Å². The first-order chi connectivity index (χ1) is 11.2. The number of amides is 1. The zero-order chi connectivity index (χ0) is 16.2. The van der Waals surface area contributed by atoms with Crippen molar-refractivity contribution in [2.75, 3.05) is 13.2 Å². The molecule has 0 spiro atoms. The third kappa shape index (κ3) is 3.73. The number of aromatic nitrogens is 3. The summed E-state index contributed by atoms with van der Waals surface area (Å²) in [5.74, 6) is 0.271. The van der Waals surface area contributed by atoms with Crippen molar-refractivity contribution in [2.45, 2.75) is 32.2 Å². The van der Waals surface area contributed by atoms with Crippen LogP contribution in [-0.2, 0) is 11.2 Å². The van der Waals surface area contributed by atoms with E-state index in [2.05, 4.69) is 21.9 Å². The van der Waals surface area contributed by atoms with Crippen molar-refractivity contribution in [1.82, 2.24) is 19.9 Å². The van der Waals surface area contributed by atoms with Gasteiger partial charge in [0.05, 0.1) is 18.3 Å². The maximum Gasteiger partial charge on any atom is 0.228 e. The predicted octanol–water partition coefficient (Wildman–Crippen LogP) is 1.76. The Kier molecular flexibility index (Phi) is 4.97. The summed E-state index contributed by atoms with van der Waals surface area (Å²) >= 11 is 1.47. The van der Waals surface area contributed by atoms with Gasteiger partial charge in [-0.05, 0) is 25.7 Å². The van der Waals surface area contributed by atoms with Crippen molar-refractivity contribution in [3.05, 3.63) is 29.7 Å². The number of likely N-dealkylation sites (tertiary alicyclic amines) is 1. The van der Waals surface area contributed by atoms with Crippen LogP contribution in [0, 0.1) is 5.92 Å². The Balaban J connectivity index is 1.67. The molecule has 6 nitrogen and oxygen atoms in total. The number of nitrogens with zero attached hydrogens (tertiary/aromatic N) is 4. The van der Waals surface area contributed by atoms with Gasteiger partial charge in [0.15, 0.2) is 0 Å². The van der Waals surface area contributed by atoms with Gasteiger partial charge in [-0.15, -0.1) is 11.3 Å². The first-order valence-corrected chi connectivity index (χ1v) is 8.66. The van der Waals surface area contributed by atoms with E-state index < -0.39 is 0 Å². The average molecular weight is 332 g/mol. The summed E-state index contributed by atoms with van der Waals surface area (Å²) in [6.45, 7) is 2.85. The van der Waals surface area contributed by atoms with Crippen molar-refractivity contribution < 1.29 is 9.90 Å². The summed E-state index contributed by atoms with van der Waals surface area (Å²) < 4.78 is 0. The van der Waals surface area contributed by atoms with Crippen LogP contribution in [0.25, 0.3) is 10.7 Å². The molecular weight excluding hydrogens is 312 g/mol. The Morgan fingerprint density at radius 3 is 3.04 bits per heavy atom. The third-order valence-electron chi connectivity index (χ3n) is 4.22. The summed E-state index contributed by atoms with van der Waals surface area (Å²) in [6.07, 6.45) is 7.14. The van der Waals surface area contributed by atoms with E-state index in [1.165, 1.54) is 11.3 Å². The molecule has 0 saturated carbocycles. The second-order valence-corrected chi connectivity index (χ2v) is 6.79. The Bertz CT molecular complexity index is 661. The average Bonchev–Trinajstić information content (AvgIpc) is 3.04. The molecule has 0 bridgehead atoms. The molecule has 3 heterocycles. The second kappa shape index (κ2) is 7.14. The Labute approximate surface area is 139 Å². The quantitative estimate of drug-likeness (QED) is 0.923. The smallest absolute Gasteiger partial charge is 0.228 e. The second-order valence-electron chi connectivity index (χ2n) is 5.93. The highest BCUT2D eigenvalue weighted by Gasteiger charge is 2.28. The fourth-order valence-corrected chi connectivity index (χ4v) is 3.63. The highest BCUT2D eigenvalue weighted by molar-refractivity contribution is 7.13. The molecule has 0 aromatic carbocycles. The number of rotatable bonds is 4. The summed E-state index contributed by atoms with van der Waals surface area (Å²) in [6, 6.07) is 0.225. The van der Waals surface area contributed by atoms with E-state index in [-0.39, 0.29) is 24.5 Å². The molecule has 0 aliphatic carbocycles. The fraction of sp³-hybridized carbons (Fsp3) is 0.500. The van der Waals surface area contributed by atoms with Gasteiger partial charge in [-0.2, -0.15) is 0 Å². The highest BCUT2D eigenvalue weighted by Crippen LogP contribution is 2.24. The van der Waals surface area contributed by atoms with Crippen molar-refractivity contribution in [3.8, 4) is 10.7 Å². The molecule has 2 atom stereocenters. The number of carbonyl (C=O) groups excluding carboxylic acids is 1. The summed E-state index contributed by atoms with van der Waals surface area (Å²) in [5.41, 5.74) is 1.49. The van der Waals surface area contributed by atoms with Crippen molar-refractivity contribution >= 4 is 17.2 Å². The molecule has 1 saturated heterocycles. The van der Waals surface area contributed by atoms with E-state index in [0.717, 1.165) is 29.2 Å². The lowest BCUT2D eigenvalue weighted by molar-refractivity contribution is -0.135. The summed E-state index contributed by atoms with van der Waals surface area (Å²) in [5, 5.41) is 12.0. The summed E-state index contributed by atoms with van der Waals surface area (Å²) in [7, 11) is 0. The molecule has 3 rings (SSSR count). The van der Waals surface area contributed by atoms with Gasteiger partial charge in [0, 0.05) is 37.0 Å². The minimum atomic E-state index is 0.0756. The number of aliphatic hydroxyl groups excluding tert-OH is 1. The van der Waals surface area contributed by atoms with Crippen LogP contribution < -0.4 is 0 Å². The molecule has 0 radical (unpaired) electrons. The highest BCUT2D eigenvalue weighted by atomic mass is 32.1. The molecule has 1 aliphatic heterocycles. The topological polar surface area (TPSA) is 79.2 Å². The largest absolute Gasteiger partial charge is 0.396 e. The number of thiazole rings is 1. The monoisotopic (exact) mass is 332 g/mol. The van der Waals surface area contributed by atoms with Gasteiger partial charge in [-0.3, -0.25) is 14.8 Å². The van der Waals surface area contributed by atoms with E-state index in [9.17, 15) is 9.90 Å². The molecule has 122 valence electrons. The SMILES string of the molecule is CC1CCC(CO)CN1C(=O)Cc1csc(-c2cnccn2)n1. The number of hydrogen-bond donors (Lipinski definition) is 1. The first-order valence-electron chi connectivity index (χ1n) is 7.78. The molecule has 1 aliphatic rings. The van der Waals surface area contributed by atoms with E-state index in [0.29, 0.717) is 13.0 Å². The van der Waals surface area contributed by atoms with Crippen LogP contribution in [0.15, 0.2) is 24.0 Å². The lowest BCUT2D eigenvalue weighted by Gasteiger charge is -2.37. The molecule has 2 unspecified atom stereocenters. The molecule has 2 aromatic rings. The lowest BCUT2D eigenvalue weighted by atomic mass is 9.94. The zero-order valence-electron chi connectivity index (χ0n) is 13.1. The van der Waals surface area contributed by atoms with Crippen LogP contribution in [-0.4, -0.2) is 50.1 Å². The van der Waals surface area contributed by atoms with Crippen molar-refractivity contribution in [2.24, 2.45) is 5.92 Å². The minimum absolute atomic E-state index is 0.0756. The number of aliphatic hydroxyl groups is 1. The van der Waals surface area contributed by atoms with Gasteiger partial charge in [0.1, 0.15) is 10.7 Å². The standard InChI is InChI=1S/C16H20N4O2S/c1-11-2-3-12(9-21)8-20(11)15(22)6-13-10-23-16(19-13)14-7-17-4-5-18-14/h4-5,7,10-12,21H,2-3,6,8-9H2,1H3. The zero-order valence-corrected chi connectivity index (χ0v) is 13.9. The Morgan fingerprint density at radius 1 is 1.43 bits per heavy atom. The maximum atomic E-state index is 12.6. The van der Waals surface area contributed by atoms with Crippen molar-refractivity contribution in [1.29, 1.82) is 0 Å². The van der Waals surface area contributed by atoms with Crippen LogP contribution in [0.2, 0.25) is 0 Å². The van der Waals surface area contributed by atoms with Crippen LogP contribution in [0.5, 0.6) is 0 Å². The van der Waals surface area contributed by atoms with E-state index in [4.69, 9.17) is 0 Å². The first kappa shape index (κ1) is 16.0. The van der Waals surface area contributed by atoms with Gasteiger partial charge in [0.25, 0.3) is 0 Å². The Morgan fingerprint density at radius 2 is 2.30 bits per heavy atom. The minimum Gasteiger partial charge on any atom is -0.396 e. The molecule has 1 fully saturated rings.